The molecule has 2 aromatic rings. The molecule has 0 aliphatic heterocycles. The molecule has 20 heavy (non-hydrogen) atoms. The van der Waals surface area contributed by atoms with Gasteiger partial charge in [0.25, 0.3) is 0 Å². The third-order valence-electron chi connectivity index (χ3n) is 2.59. The van der Waals surface area contributed by atoms with Crippen LogP contribution in [0.15, 0.2) is 40.9 Å². The summed E-state index contributed by atoms with van der Waals surface area (Å²) in [6, 6.07) is 8.67. The standard InChI is InChI=1S/C14H10BrClFNO2/c15-9-1-3-11(17)8(5-9)6-14(20)18-12-7-10(16)2-4-13(12)19/h1-5,7,19H,6H2,(H,18,20). The molecule has 6 heteroatoms. The smallest absolute Gasteiger partial charge is 0.229 e. The second kappa shape index (κ2) is 6.24. The van der Waals surface area contributed by atoms with Crippen molar-refractivity contribution in [3.05, 3.63) is 57.3 Å². The van der Waals surface area contributed by atoms with E-state index in [1.165, 1.54) is 30.3 Å². The summed E-state index contributed by atoms with van der Waals surface area (Å²) in [5.41, 5.74) is 0.455. The number of benzene rings is 2. The molecule has 0 saturated carbocycles. The molecule has 0 saturated heterocycles. The van der Waals surface area contributed by atoms with Gasteiger partial charge < -0.3 is 10.4 Å². The molecule has 0 bridgehead atoms. The second-order valence-corrected chi connectivity index (χ2v) is 5.47. The van der Waals surface area contributed by atoms with Crippen molar-refractivity contribution in [1.82, 2.24) is 0 Å². The van der Waals surface area contributed by atoms with Crippen LogP contribution >= 0.6 is 27.5 Å². The van der Waals surface area contributed by atoms with Gasteiger partial charge in [0.1, 0.15) is 11.6 Å². The molecule has 0 heterocycles. The van der Waals surface area contributed by atoms with Gasteiger partial charge in [-0.3, -0.25) is 4.79 Å². The van der Waals surface area contributed by atoms with E-state index in [1.807, 2.05) is 0 Å². The zero-order chi connectivity index (χ0) is 14.7. The number of aromatic hydroxyl groups is 1. The summed E-state index contributed by atoms with van der Waals surface area (Å²) in [5.74, 6) is -1.00. The zero-order valence-electron chi connectivity index (χ0n) is 10.2. The quantitative estimate of drug-likeness (QED) is 0.811. The number of phenolic OH excluding ortho intramolecular Hbond substituents is 1. The van der Waals surface area contributed by atoms with E-state index in [1.54, 1.807) is 6.07 Å². The van der Waals surface area contributed by atoms with Gasteiger partial charge in [0.2, 0.25) is 5.91 Å². The molecule has 2 N–H and O–H groups in total. The third kappa shape index (κ3) is 3.71. The fraction of sp³-hybridized carbons (Fsp3) is 0.0714. The number of hydrogen-bond donors (Lipinski definition) is 2. The number of carbonyl (C=O) groups is 1. The molecule has 1 amide bonds. The van der Waals surface area contributed by atoms with Gasteiger partial charge in [0.15, 0.2) is 0 Å². The monoisotopic (exact) mass is 357 g/mol. The van der Waals surface area contributed by atoms with E-state index in [2.05, 4.69) is 21.2 Å². The van der Waals surface area contributed by atoms with Gasteiger partial charge >= 0.3 is 0 Å². The van der Waals surface area contributed by atoms with Crippen LogP contribution in [-0.2, 0) is 11.2 Å². The molecule has 0 atom stereocenters. The lowest BCUT2D eigenvalue weighted by Gasteiger charge is -2.08. The lowest BCUT2D eigenvalue weighted by atomic mass is 10.1. The molecule has 0 spiro atoms. The van der Waals surface area contributed by atoms with E-state index in [0.29, 0.717) is 9.50 Å². The van der Waals surface area contributed by atoms with Crippen molar-refractivity contribution in [2.24, 2.45) is 0 Å². The van der Waals surface area contributed by atoms with Crippen molar-refractivity contribution in [3.8, 4) is 5.75 Å². The zero-order valence-corrected chi connectivity index (χ0v) is 12.5. The Balaban J connectivity index is 2.13. The van der Waals surface area contributed by atoms with Crippen LogP contribution in [0, 0.1) is 5.82 Å². The summed E-state index contributed by atoms with van der Waals surface area (Å²) in [6.45, 7) is 0. The van der Waals surface area contributed by atoms with Gasteiger partial charge in [0.05, 0.1) is 12.1 Å². The van der Waals surface area contributed by atoms with Gasteiger partial charge in [-0.1, -0.05) is 27.5 Å². The highest BCUT2D eigenvalue weighted by Gasteiger charge is 2.11. The second-order valence-electron chi connectivity index (χ2n) is 4.12. The first kappa shape index (κ1) is 14.8. The minimum absolute atomic E-state index is 0.0996. The van der Waals surface area contributed by atoms with Crippen LogP contribution in [0.4, 0.5) is 10.1 Å². The Kier molecular flexibility index (Phi) is 4.62. The highest BCUT2D eigenvalue weighted by molar-refractivity contribution is 9.10. The molecule has 104 valence electrons. The van der Waals surface area contributed by atoms with Crippen LogP contribution in [0.25, 0.3) is 0 Å². The van der Waals surface area contributed by atoms with Crippen LogP contribution in [0.5, 0.6) is 5.75 Å². The van der Waals surface area contributed by atoms with E-state index in [4.69, 9.17) is 11.6 Å². The lowest BCUT2D eigenvalue weighted by molar-refractivity contribution is -0.115. The van der Waals surface area contributed by atoms with Crippen LogP contribution in [-0.4, -0.2) is 11.0 Å². The van der Waals surface area contributed by atoms with E-state index in [0.717, 1.165) is 0 Å². The van der Waals surface area contributed by atoms with Gasteiger partial charge in [0, 0.05) is 9.50 Å². The van der Waals surface area contributed by atoms with Gasteiger partial charge in [-0.05, 0) is 42.0 Å². The van der Waals surface area contributed by atoms with E-state index in [9.17, 15) is 14.3 Å². The minimum Gasteiger partial charge on any atom is -0.506 e. The van der Waals surface area contributed by atoms with Gasteiger partial charge in [-0.2, -0.15) is 0 Å². The molecule has 0 radical (unpaired) electrons. The Hall–Kier alpha value is -1.59. The van der Waals surface area contributed by atoms with Crippen molar-refractivity contribution >= 4 is 39.1 Å². The van der Waals surface area contributed by atoms with E-state index < -0.39 is 11.7 Å². The van der Waals surface area contributed by atoms with Crippen LogP contribution in [0.3, 0.4) is 0 Å². The fourth-order valence-electron chi connectivity index (χ4n) is 1.65. The highest BCUT2D eigenvalue weighted by atomic mass is 79.9. The Bertz CT molecular complexity index is 608. The maximum atomic E-state index is 13.5. The summed E-state index contributed by atoms with van der Waals surface area (Å²) in [6.07, 6.45) is -0.142. The average molecular weight is 359 g/mol. The van der Waals surface area contributed by atoms with Crippen molar-refractivity contribution in [2.45, 2.75) is 6.42 Å². The van der Waals surface area contributed by atoms with E-state index in [-0.39, 0.29) is 23.4 Å². The molecule has 3 nitrogen and oxygen atoms in total. The molecule has 2 rings (SSSR count). The van der Waals surface area contributed by atoms with Crippen LogP contribution in [0.2, 0.25) is 5.02 Å². The predicted molar refractivity (Wildman–Crippen MR) is 79.6 cm³/mol. The largest absolute Gasteiger partial charge is 0.506 e. The van der Waals surface area contributed by atoms with Crippen molar-refractivity contribution in [3.63, 3.8) is 0 Å². The topological polar surface area (TPSA) is 49.3 Å². The Morgan fingerprint density at radius 2 is 2.05 bits per heavy atom. The molecule has 0 aliphatic carbocycles. The Morgan fingerprint density at radius 1 is 1.30 bits per heavy atom. The molecule has 2 aromatic carbocycles. The maximum absolute atomic E-state index is 13.5. The molecule has 0 aromatic heterocycles. The third-order valence-corrected chi connectivity index (χ3v) is 3.32. The first-order valence-electron chi connectivity index (χ1n) is 5.68. The Labute approximate surface area is 128 Å². The SMILES string of the molecule is O=C(Cc1cc(Br)ccc1F)Nc1cc(Cl)ccc1O. The number of carbonyl (C=O) groups excluding carboxylic acids is 1. The van der Waals surface area contributed by atoms with Gasteiger partial charge in [-0.25, -0.2) is 4.39 Å². The number of phenols is 1. The van der Waals surface area contributed by atoms with Crippen LogP contribution < -0.4 is 5.32 Å². The molecular formula is C14H10BrClFNO2. The number of nitrogens with one attached hydrogen (secondary N) is 1. The van der Waals surface area contributed by atoms with E-state index >= 15 is 0 Å². The molecule has 0 fully saturated rings. The predicted octanol–water partition coefficient (Wildman–Crippen LogP) is 4.13. The van der Waals surface area contributed by atoms with Crippen molar-refractivity contribution in [2.75, 3.05) is 5.32 Å². The molecule has 0 aliphatic rings. The van der Waals surface area contributed by atoms with Crippen molar-refractivity contribution in [1.29, 1.82) is 0 Å². The Morgan fingerprint density at radius 3 is 2.80 bits per heavy atom. The van der Waals surface area contributed by atoms with Crippen LogP contribution in [0.1, 0.15) is 5.56 Å². The summed E-state index contributed by atoms with van der Waals surface area (Å²) in [5, 5.41) is 12.5. The number of amides is 1. The first-order valence-corrected chi connectivity index (χ1v) is 6.85. The average Bonchev–Trinajstić information content (AvgIpc) is 2.38. The fourth-order valence-corrected chi connectivity index (χ4v) is 2.24. The highest BCUT2D eigenvalue weighted by Crippen LogP contribution is 2.26. The van der Waals surface area contributed by atoms with Crippen molar-refractivity contribution < 1.29 is 14.3 Å². The minimum atomic E-state index is -0.460. The number of rotatable bonds is 3. The summed E-state index contributed by atoms with van der Waals surface area (Å²) < 4.78 is 14.2. The summed E-state index contributed by atoms with van der Waals surface area (Å²) in [7, 11) is 0. The molecular weight excluding hydrogens is 349 g/mol. The summed E-state index contributed by atoms with van der Waals surface area (Å²) in [4.78, 5) is 11.9. The number of anilines is 1. The number of halogens is 3. The van der Waals surface area contributed by atoms with Gasteiger partial charge in [-0.15, -0.1) is 0 Å². The summed E-state index contributed by atoms with van der Waals surface area (Å²) >= 11 is 9.00. The lowest BCUT2D eigenvalue weighted by Crippen LogP contribution is -2.15. The first-order chi connectivity index (χ1) is 9.45. The number of hydrogen-bond acceptors (Lipinski definition) is 2. The maximum Gasteiger partial charge on any atom is 0.229 e. The normalized spacial score (nSPS) is 10.3. The molecule has 0 unspecified atom stereocenters.